The standard InChI is InChI=1S/C24H26N2O3S/c1-4-22(19-9-6-5-7-10-19)25-24(27)21-11-8-12-23(18(21)3)26-30(28,29)20-15-13-17(2)14-16-20/h5-16,22,26H,4H2,1-3H3,(H,25,27). The maximum Gasteiger partial charge on any atom is 0.261 e. The normalized spacial score (nSPS) is 12.2. The number of carbonyl (C=O) groups excluding carboxylic acids is 1. The number of carbonyl (C=O) groups is 1. The van der Waals surface area contributed by atoms with Crippen LogP contribution in [-0.4, -0.2) is 14.3 Å². The third-order valence-corrected chi connectivity index (χ3v) is 6.45. The summed E-state index contributed by atoms with van der Waals surface area (Å²) in [6.07, 6.45) is 0.745. The largest absolute Gasteiger partial charge is 0.345 e. The predicted octanol–water partition coefficient (Wildman–Crippen LogP) is 4.99. The highest BCUT2D eigenvalue weighted by Crippen LogP contribution is 2.24. The van der Waals surface area contributed by atoms with Gasteiger partial charge in [0.1, 0.15) is 0 Å². The topological polar surface area (TPSA) is 75.3 Å². The molecular formula is C24H26N2O3S. The lowest BCUT2D eigenvalue weighted by atomic mass is 10.0. The number of nitrogens with one attached hydrogen (secondary N) is 2. The lowest BCUT2D eigenvalue weighted by Crippen LogP contribution is -2.29. The van der Waals surface area contributed by atoms with E-state index in [2.05, 4.69) is 10.0 Å². The summed E-state index contributed by atoms with van der Waals surface area (Å²) in [7, 11) is -3.75. The molecule has 0 spiro atoms. The van der Waals surface area contributed by atoms with Gasteiger partial charge in [0.05, 0.1) is 16.6 Å². The second-order valence-electron chi connectivity index (χ2n) is 7.24. The van der Waals surface area contributed by atoms with Crippen LogP contribution in [0.2, 0.25) is 0 Å². The van der Waals surface area contributed by atoms with Crippen LogP contribution in [0.5, 0.6) is 0 Å². The Morgan fingerprint density at radius 3 is 2.20 bits per heavy atom. The number of aryl methyl sites for hydroxylation is 1. The summed E-state index contributed by atoms with van der Waals surface area (Å²) in [6.45, 7) is 5.65. The van der Waals surface area contributed by atoms with Crippen LogP contribution >= 0.6 is 0 Å². The van der Waals surface area contributed by atoms with Gasteiger partial charge in [-0.2, -0.15) is 0 Å². The molecule has 3 aromatic rings. The van der Waals surface area contributed by atoms with E-state index in [1.54, 1.807) is 49.4 Å². The number of rotatable bonds is 7. The van der Waals surface area contributed by atoms with Gasteiger partial charge in [-0.1, -0.05) is 61.0 Å². The summed E-state index contributed by atoms with van der Waals surface area (Å²) >= 11 is 0. The van der Waals surface area contributed by atoms with Crippen molar-refractivity contribution in [1.82, 2.24) is 5.32 Å². The lowest BCUT2D eigenvalue weighted by molar-refractivity contribution is 0.0935. The van der Waals surface area contributed by atoms with Crippen molar-refractivity contribution in [2.75, 3.05) is 4.72 Å². The molecule has 0 radical (unpaired) electrons. The van der Waals surface area contributed by atoms with Crippen molar-refractivity contribution in [2.24, 2.45) is 0 Å². The van der Waals surface area contributed by atoms with Gasteiger partial charge >= 0.3 is 0 Å². The maximum atomic E-state index is 12.9. The first-order valence-corrected chi connectivity index (χ1v) is 11.3. The fourth-order valence-corrected chi connectivity index (χ4v) is 4.38. The number of benzene rings is 3. The van der Waals surface area contributed by atoms with Crippen molar-refractivity contribution in [1.29, 1.82) is 0 Å². The van der Waals surface area contributed by atoms with Crippen LogP contribution in [0.4, 0.5) is 5.69 Å². The fraction of sp³-hybridized carbons (Fsp3) is 0.208. The van der Waals surface area contributed by atoms with Crippen molar-refractivity contribution in [3.8, 4) is 0 Å². The van der Waals surface area contributed by atoms with Gasteiger partial charge in [-0.3, -0.25) is 9.52 Å². The first-order chi connectivity index (χ1) is 14.3. The Hall–Kier alpha value is -3.12. The Balaban J connectivity index is 1.83. The zero-order valence-corrected chi connectivity index (χ0v) is 18.2. The van der Waals surface area contributed by atoms with Crippen LogP contribution in [-0.2, 0) is 10.0 Å². The van der Waals surface area contributed by atoms with E-state index in [1.165, 1.54) is 0 Å². The van der Waals surface area contributed by atoms with E-state index in [0.29, 0.717) is 16.8 Å². The van der Waals surface area contributed by atoms with Gasteiger partial charge in [-0.05, 0) is 55.7 Å². The average molecular weight is 423 g/mol. The molecule has 3 aromatic carbocycles. The number of hydrogen-bond donors (Lipinski definition) is 2. The molecule has 0 aliphatic rings. The molecule has 0 bridgehead atoms. The molecule has 0 aromatic heterocycles. The molecule has 0 heterocycles. The molecule has 1 atom stereocenters. The molecule has 156 valence electrons. The summed E-state index contributed by atoms with van der Waals surface area (Å²) < 4.78 is 28.1. The summed E-state index contributed by atoms with van der Waals surface area (Å²) in [5.74, 6) is -0.236. The summed E-state index contributed by atoms with van der Waals surface area (Å²) in [4.78, 5) is 13.1. The summed E-state index contributed by atoms with van der Waals surface area (Å²) in [6, 6.07) is 21.3. The Morgan fingerprint density at radius 2 is 1.57 bits per heavy atom. The zero-order chi connectivity index (χ0) is 21.7. The molecule has 0 aliphatic carbocycles. The lowest BCUT2D eigenvalue weighted by Gasteiger charge is -2.19. The van der Waals surface area contributed by atoms with Gasteiger partial charge < -0.3 is 5.32 Å². The molecule has 5 nitrogen and oxygen atoms in total. The third kappa shape index (κ3) is 4.89. The van der Waals surface area contributed by atoms with Crippen LogP contribution in [0.25, 0.3) is 0 Å². The second-order valence-corrected chi connectivity index (χ2v) is 8.92. The SMILES string of the molecule is CCC(NC(=O)c1cccc(NS(=O)(=O)c2ccc(C)cc2)c1C)c1ccccc1. The van der Waals surface area contributed by atoms with Gasteiger partial charge in [-0.25, -0.2) is 8.42 Å². The number of amides is 1. The van der Waals surface area contributed by atoms with Gasteiger partial charge in [0.2, 0.25) is 0 Å². The monoisotopic (exact) mass is 422 g/mol. The van der Waals surface area contributed by atoms with Crippen molar-refractivity contribution in [3.05, 3.63) is 95.1 Å². The van der Waals surface area contributed by atoms with Crippen LogP contribution in [0.1, 0.15) is 46.4 Å². The molecule has 0 saturated heterocycles. The molecule has 1 unspecified atom stereocenters. The van der Waals surface area contributed by atoms with Gasteiger partial charge in [-0.15, -0.1) is 0 Å². The van der Waals surface area contributed by atoms with E-state index in [-0.39, 0.29) is 16.8 Å². The van der Waals surface area contributed by atoms with E-state index in [1.807, 2.05) is 44.2 Å². The highest BCUT2D eigenvalue weighted by Gasteiger charge is 2.20. The Bertz CT molecular complexity index is 1120. The van der Waals surface area contributed by atoms with Gasteiger partial charge in [0, 0.05) is 5.56 Å². The Kier molecular flexibility index (Phi) is 6.57. The van der Waals surface area contributed by atoms with E-state index < -0.39 is 10.0 Å². The third-order valence-electron chi connectivity index (χ3n) is 5.07. The van der Waals surface area contributed by atoms with Gasteiger partial charge in [0.25, 0.3) is 15.9 Å². The minimum absolute atomic E-state index is 0.119. The van der Waals surface area contributed by atoms with Crippen LogP contribution in [0.3, 0.4) is 0 Å². The predicted molar refractivity (Wildman–Crippen MR) is 120 cm³/mol. The van der Waals surface area contributed by atoms with E-state index in [9.17, 15) is 13.2 Å². The molecule has 6 heteroatoms. The van der Waals surface area contributed by atoms with E-state index in [0.717, 1.165) is 17.5 Å². The quantitative estimate of drug-likeness (QED) is 0.563. The van der Waals surface area contributed by atoms with Crippen molar-refractivity contribution in [2.45, 2.75) is 38.1 Å². The van der Waals surface area contributed by atoms with Crippen LogP contribution in [0.15, 0.2) is 77.7 Å². The summed E-state index contributed by atoms with van der Waals surface area (Å²) in [5.41, 5.74) is 3.41. The highest BCUT2D eigenvalue weighted by molar-refractivity contribution is 7.92. The Morgan fingerprint density at radius 1 is 0.900 bits per heavy atom. The number of anilines is 1. The minimum atomic E-state index is -3.75. The molecule has 0 fully saturated rings. The minimum Gasteiger partial charge on any atom is -0.345 e. The second kappa shape index (κ2) is 9.13. The molecule has 3 rings (SSSR count). The molecular weight excluding hydrogens is 396 g/mol. The van der Waals surface area contributed by atoms with E-state index in [4.69, 9.17) is 0 Å². The van der Waals surface area contributed by atoms with Crippen LogP contribution < -0.4 is 10.0 Å². The maximum absolute atomic E-state index is 12.9. The molecule has 0 saturated carbocycles. The molecule has 1 amide bonds. The smallest absolute Gasteiger partial charge is 0.261 e. The summed E-state index contributed by atoms with van der Waals surface area (Å²) in [5, 5.41) is 3.05. The number of sulfonamides is 1. The fourth-order valence-electron chi connectivity index (χ4n) is 3.26. The average Bonchev–Trinajstić information content (AvgIpc) is 2.74. The highest BCUT2D eigenvalue weighted by atomic mass is 32.2. The molecule has 2 N–H and O–H groups in total. The first-order valence-electron chi connectivity index (χ1n) is 9.86. The Labute approximate surface area is 178 Å². The van der Waals surface area contributed by atoms with Crippen molar-refractivity contribution in [3.63, 3.8) is 0 Å². The molecule has 0 aliphatic heterocycles. The van der Waals surface area contributed by atoms with Gasteiger partial charge in [0.15, 0.2) is 0 Å². The van der Waals surface area contributed by atoms with Crippen molar-refractivity contribution >= 4 is 21.6 Å². The molecule has 30 heavy (non-hydrogen) atoms. The van der Waals surface area contributed by atoms with Crippen molar-refractivity contribution < 1.29 is 13.2 Å². The van der Waals surface area contributed by atoms with Crippen LogP contribution in [0, 0.1) is 13.8 Å². The first kappa shape index (κ1) is 21.6. The zero-order valence-electron chi connectivity index (χ0n) is 17.3. The number of hydrogen-bond acceptors (Lipinski definition) is 3. The van der Waals surface area contributed by atoms with E-state index >= 15 is 0 Å².